The van der Waals surface area contributed by atoms with Crippen molar-refractivity contribution in [2.75, 3.05) is 0 Å². The summed E-state index contributed by atoms with van der Waals surface area (Å²) >= 11 is 1.22. The minimum atomic E-state index is -0.818. The molecule has 0 amide bonds. The fourth-order valence-corrected chi connectivity index (χ4v) is 3.72. The first-order valence-electron chi connectivity index (χ1n) is 9.04. The predicted molar refractivity (Wildman–Crippen MR) is 113 cm³/mol. The summed E-state index contributed by atoms with van der Waals surface area (Å²) in [7, 11) is 0. The molecule has 0 unspecified atom stereocenters. The Labute approximate surface area is 179 Å². The van der Waals surface area contributed by atoms with Gasteiger partial charge in [-0.2, -0.15) is 4.68 Å². The number of carbonyl (C=O) groups is 1. The van der Waals surface area contributed by atoms with Gasteiger partial charge < -0.3 is 4.74 Å². The van der Waals surface area contributed by atoms with Gasteiger partial charge in [-0.25, -0.2) is 4.79 Å². The van der Waals surface area contributed by atoms with Crippen molar-refractivity contribution < 1.29 is 14.5 Å². The van der Waals surface area contributed by atoms with E-state index in [0.717, 1.165) is 15.6 Å². The molecule has 4 rings (SSSR count). The number of esters is 1. The molecule has 9 nitrogen and oxygen atoms in total. The van der Waals surface area contributed by atoms with Crippen LogP contribution in [0.4, 0.5) is 5.69 Å². The molecule has 0 saturated carbocycles. The molecule has 4 aromatic rings. The van der Waals surface area contributed by atoms with E-state index in [9.17, 15) is 19.7 Å². The second-order valence-corrected chi connectivity index (χ2v) is 7.44. The standard InChI is InChI=1S/C21H14N4O5S/c26-20-16-8-4-5-9-17(16)22-23-24(20)13-30-21(27)14-10-11-19(18(12-14)25(28)29)31-15-6-2-1-3-7-15/h1-12H,13H2. The van der Waals surface area contributed by atoms with E-state index in [0.29, 0.717) is 15.8 Å². The SMILES string of the molecule is O=C(OCn1nnc2ccccc2c1=O)c1ccc(Sc2ccccc2)c([N+](=O)[O-])c1. The summed E-state index contributed by atoms with van der Waals surface area (Å²) in [4.78, 5) is 37.0. The van der Waals surface area contributed by atoms with Gasteiger partial charge in [0, 0.05) is 11.0 Å². The van der Waals surface area contributed by atoms with Crippen molar-refractivity contribution in [1.82, 2.24) is 15.0 Å². The molecular formula is C21H14N4O5S. The highest BCUT2D eigenvalue weighted by atomic mass is 32.2. The maximum atomic E-state index is 12.4. The minimum absolute atomic E-state index is 0.00842. The molecule has 0 aliphatic rings. The van der Waals surface area contributed by atoms with Gasteiger partial charge >= 0.3 is 5.97 Å². The molecule has 0 aliphatic carbocycles. The number of benzene rings is 3. The second kappa shape index (κ2) is 8.76. The fourth-order valence-electron chi connectivity index (χ4n) is 2.80. The molecule has 31 heavy (non-hydrogen) atoms. The quantitative estimate of drug-likeness (QED) is 0.256. The third-order valence-corrected chi connectivity index (χ3v) is 5.38. The first-order valence-corrected chi connectivity index (χ1v) is 9.85. The van der Waals surface area contributed by atoms with Crippen molar-refractivity contribution >= 4 is 34.3 Å². The van der Waals surface area contributed by atoms with Gasteiger partial charge in [-0.1, -0.05) is 47.3 Å². The largest absolute Gasteiger partial charge is 0.439 e. The van der Waals surface area contributed by atoms with Crippen LogP contribution in [-0.4, -0.2) is 25.9 Å². The number of aromatic nitrogens is 3. The number of hydrogen-bond donors (Lipinski definition) is 0. The molecule has 1 heterocycles. The van der Waals surface area contributed by atoms with E-state index in [2.05, 4.69) is 10.3 Å². The molecule has 0 atom stereocenters. The van der Waals surface area contributed by atoms with Gasteiger partial charge in [-0.3, -0.25) is 14.9 Å². The summed E-state index contributed by atoms with van der Waals surface area (Å²) in [5.41, 5.74) is -0.256. The van der Waals surface area contributed by atoms with Gasteiger partial charge in [-0.15, -0.1) is 5.10 Å². The Morgan fingerprint density at radius 3 is 2.58 bits per heavy atom. The van der Waals surface area contributed by atoms with Crippen molar-refractivity contribution in [1.29, 1.82) is 0 Å². The van der Waals surface area contributed by atoms with E-state index in [1.165, 1.54) is 23.9 Å². The van der Waals surface area contributed by atoms with Crippen LogP contribution in [0, 0.1) is 10.1 Å². The van der Waals surface area contributed by atoms with Crippen molar-refractivity contribution in [3.8, 4) is 0 Å². The van der Waals surface area contributed by atoms with Crippen molar-refractivity contribution in [2.45, 2.75) is 16.5 Å². The van der Waals surface area contributed by atoms with Gasteiger partial charge in [0.1, 0.15) is 5.52 Å². The Hall–Kier alpha value is -4.05. The number of nitrogens with zero attached hydrogens (tertiary/aromatic N) is 4. The molecule has 1 aromatic heterocycles. The molecule has 0 saturated heterocycles. The van der Waals surface area contributed by atoms with E-state index in [1.807, 2.05) is 30.3 Å². The highest BCUT2D eigenvalue weighted by Crippen LogP contribution is 2.35. The van der Waals surface area contributed by atoms with Crippen LogP contribution in [0.25, 0.3) is 10.9 Å². The van der Waals surface area contributed by atoms with Crippen LogP contribution >= 0.6 is 11.8 Å². The Morgan fingerprint density at radius 1 is 1.06 bits per heavy atom. The lowest BCUT2D eigenvalue weighted by Crippen LogP contribution is -2.26. The van der Waals surface area contributed by atoms with Crippen LogP contribution < -0.4 is 5.56 Å². The third kappa shape index (κ3) is 4.43. The molecule has 0 spiro atoms. The summed E-state index contributed by atoms with van der Waals surface area (Å²) in [5, 5.41) is 19.5. The zero-order chi connectivity index (χ0) is 21.8. The van der Waals surface area contributed by atoms with E-state index < -0.39 is 23.2 Å². The predicted octanol–water partition coefficient (Wildman–Crippen LogP) is 3.67. The summed E-state index contributed by atoms with van der Waals surface area (Å²) in [6.45, 7) is -0.468. The van der Waals surface area contributed by atoms with E-state index in [1.54, 1.807) is 24.3 Å². The number of carbonyl (C=O) groups excluding carboxylic acids is 1. The van der Waals surface area contributed by atoms with Crippen LogP contribution in [0.2, 0.25) is 0 Å². The van der Waals surface area contributed by atoms with Crippen LogP contribution in [-0.2, 0) is 11.5 Å². The van der Waals surface area contributed by atoms with Gasteiger partial charge in [0.15, 0.2) is 6.73 Å². The first kappa shape index (κ1) is 20.2. The maximum Gasteiger partial charge on any atom is 0.340 e. The first-order chi connectivity index (χ1) is 15.0. The average Bonchev–Trinajstić information content (AvgIpc) is 2.79. The van der Waals surface area contributed by atoms with E-state index in [-0.39, 0.29) is 11.3 Å². The minimum Gasteiger partial charge on any atom is -0.439 e. The Balaban J connectivity index is 1.53. The normalized spacial score (nSPS) is 10.7. The van der Waals surface area contributed by atoms with Crippen LogP contribution in [0.15, 0.2) is 87.4 Å². The summed E-state index contributed by atoms with van der Waals surface area (Å²) in [6, 6.07) is 19.9. The second-order valence-electron chi connectivity index (χ2n) is 6.33. The monoisotopic (exact) mass is 434 g/mol. The van der Waals surface area contributed by atoms with Crippen LogP contribution in [0.1, 0.15) is 10.4 Å². The van der Waals surface area contributed by atoms with Crippen molar-refractivity contribution in [3.63, 3.8) is 0 Å². The number of hydrogen-bond acceptors (Lipinski definition) is 8. The molecule has 0 fully saturated rings. The van der Waals surface area contributed by atoms with Crippen LogP contribution in [0.5, 0.6) is 0 Å². The molecule has 3 aromatic carbocycles. The van der Waals surface area contributed by atoms with E-state index >= 15 is 0 Å². The molecular weight excluding hydrogens is 420 g/mol. The molecule has 0 aliphatic heterocycles. The highest BCUT2D eigenvalue weighted by molar-refractivity contribution is 7.99. The van der Waals surface area contributed by atoms with Gasteiger partial charge in [0.05, 0.1) is 20.8 Å². The summed E-state index contributed by atoms with van der Waals surface area (Å²) in [5.74, 6) is -0.818. The number of rotatable bonds is 6. The zero-order valence-electron chi connectivity index (χ0n) is 15.9. The van der Waals surface area contributed by atoms with Crippen molar-refractivity contribution in [3.05, 3.63) is 98.8 Å². The lowest BCUT2D eigenvalue weighted by atomic mass is 10.2. The third-order valence-electron chi connectivity index (χ3n) is 4.31. The molecule has 10 heteroatoms. The number of ether oxygens (including phenoxy) is 1. The molecule has 0 N–H and O–H groups in total. The van der Waals surface area contributed by atoms with Crippen molar-refractivity contribution in [2.24, 2.45) is 0 Å². The zero-order valence-corrected chi connectivity index (χ0v) is 16.7. The maximum absolute atomic E-state index is 12.4. The molecule has 0 bridgehead atoms. The van der Waals surface area contributed by atoms with Gasteiger partial charge in [-0.05, 0) is 36.4 Å². The fraction of sp³-hybridized carbons (Fsp3) is 0.0476. The number of nitro groups is 1. The van der Waals surface area contributed by atoms with Gasteiger partial charge in [0.25, 0.3) is 11.2 Å². The van der Waals surface area contributed by atoms with Crippen LogP contribution in [0.3, 0.4) is 0 Å². The number of nitro benzene ring substituents is 1. The Morgan fingerprint density at radius 2 is 1.81 bits per heavy atom. The summed E-state index contributed by atoms with van der Waals surface area (Å²) < 4.78 is 6.04. The lowest BCUT2D eigenvalue weighted by molar-refractivity contribution is -0.387. The topological polar surface area (TPSA) is 117 Å². The van der Waals surface area contributed by atoms with E-state index in [4.69, 9.17) is 4.74 Å². The Bertz CT molecular complexity index is 1340. The highest BCUT2D eigenvalue weighted by Gasteiger charge is 2.19. The summed E-state index contributed by atoms with van der Waals surface area (Å²) in [6.07, 6.45) is 0. The molecule has 154 valence electrons. The smallest absolute Gasteiger partial charge is 0.340 e. The van der Waals surface area contributed by atoms with Gasteiger partial charge in [0.2, 0.25) is 0 Å². The average molecular weight is 434 g/mol. The number of fused-ring (bicyclic) bond motifs is 1. The lowest BCUT2D eigenvalue weighted by Gasteiger charge is -2.08. The Kier molecular flexibility index (Phi) is 5.72. The molecule has 0 radical (unpaired) electrons.